The van der Waals surface area contributed by atoms with E-state index in [1.54, 1.807) is 0 Å². The van der Waals surface area contributed by atoms with Crippen LogP contribution >= 0.6 is 0 Å². The van der Waals surface area contributed by atoms with E-state index in [0.717, 1.165) is 24.2 Å². The normalized spacial score (nSPS) is 21.0. The van der Waals surface area contributed by atoms with Gasteiger partial charge in [0.15, 0.2) is 5.58 Å². The van der Waals surface area contributed by atoms with Crippen molar-refractivity contribution in [1.82, 2.24) is 4.98 Å². The molecule has 2 aromatic rings. The van der Waals surface area contributed by atoms with E-state index in [4.69, 9.17) is 10.2 Å². The molecule has 0 aliphatic carbocycles. The highest BCUT2D eigenvalue weighted by atomic mass is 16.4. The molecule has 1 saturated heterocycles. The summed E-state index contributed by atoms with van der Waals surface area (Å²) in [5.41, 5.74) is 8.12. The van der Waals surface area contributed by atoms with Gasteiger partial charge in [-0.15, -0.1) is 0 Å². The maximum atomic E-state index is 5.89. The van der Waals surface area contributed by atoms with Crippen LogP contribution in [0.2, 0.25) is 0 Å². The summed E-state index contributed by atoms with van der Waals surface area (Å²) < 4.78 is 5.77. The summed E-state index contributed by atoms with van der Waals surface area (Å²) in [5.74, 6) is 0.705. The fourth-order valence-electron chi connectivity index (χ4n) is 2.46. The first-order chi connectivity index (χ1) is 8.24. The lowest BCUT2D eigenvalue weighted by Crippen LogP contribution is -2.34. The highest BCUT2D eigenvalue weighted by Crippen LogP contribution is 2.28. The fraction of sp³-hybridized carbons (Fsp3) is 0.462. The molecule has 0 saturated carbocycles. The molecule has 1 aliphatic heterocycles. The van der Waals surface area contributed by atoms with E-state index in [1.165, 1.54) is 12.8 Å². The number of aromatic nitrogens is 1. The van der Waals surface area contributed by atoms with Gasteiger partial charge in [-0.3, -0.25) is 0 Å². The second kappa shape index (κ2) is 3.95. The summed E-state index contributed by atoms with van der Waals surface area (Å²) in [7, 11) is 0. The largest absolute Gasteiger partial charge is 0.423 e. The Hall–Kier alpha value is -1.71. The molecule has 90 valence electrons. The van der Waals surface area contributed by atoms with Crippen LogP contribution in [0.5, 0.6) is 0 Å². The highest BCUT2D eigenvalue weighted by molar-refractivity contribution is 5.86. The number of nitrogens with two attached hydrogens (primary N) is 1. The molecule has 4 heteroatoms. The van der Waals surface area contributed by atoms with Gasteiger partial charge in [0.1, 0.15) is 5.52 Å². The summed E-state index contributed by atoms with van der Waals surface area (Å²) in [6, 6.07) is 6.37. The van der Waals surface area contributed by atoms with Crippen LogP contribution in [0.3, 0.4) is 0 Å². The predicted molar refractivity (Wildman–Crippen MR) is 69.0 cm³/mol. The minimum Gasteiger partial charge on any atom is -0.423 e. The molecule has 2 N–H and O–H groups in total. The number of para-hydroxylation sites is 1. The van der Waals surface area contributed by atoms with Crippen molar-refractivity contribution in [2.24, 2.45) is 5.92 Å². The van der Waals surface area contributed by atoms with Crippen molar-refractivity contribution >= 4 is 22.8 Å². The van der Waals surface area contributed by atoms with Gasteiger partial charge in [0.2, 0.25) is 0 Å². The standard InChI is InChI=1S/C13H17N3O/c1-9-4-3-7-16(8-9)13-15-12-10(14)5-2-6-11(12)17-13/h2,5-6,9H,3-4,7-8,14H2,1H3. The molecule has 1 unspecified atom stereocenters. The summed E-state index contributed by atoms with van der Waals surface area (Å²) in [6.45, 7) is 4.31. The number of rotatable bonds is 1. The molecule has 17 heavy (non-hydrogen) atoms. The Morgan fingerprint density at radius 2 is 2.35 bits per heavy atom. The molecule has 1 atom stereocenters. The van der Waals surface area contributed by atoms with Crippen LogP contribution in [-0.4, -0.2) is 18.1 Å². The first-order valence-corrected chi connectivity index (χ1v) is 6.14. The third-order valence-electron chi connectivity index (χ3n) is 3.37. The van der Waals surface area contributed by atoms with Crippen molar-refractivity contribution in [2.45, 2.75) is 19.8 Å². The Labute approximate surface area is 100 Å². The van der Waals surface area contributed by atoms with Crippen LogP contribution < -0.4 is 10.6 Å². The van der Waals surface area contributed by atoms with Crippen molar-refractivity contribution in [2.75, 3.05) is 23.7 Å². The van der Waals surface area contributed by atoms with Crippen molar-refractivity contribution < 1.29 is 4.42 Å². The number of hydrogen-bond donors (Lipinski definition) is 1. The Bertz CT molecular complexity index is 534. The summed E-state index contributed by atoms with van der Waals surface area (Å²) >= 11 is 0. The first kappa shape index (κ1) is 10.4. The fourth-order valence-corrected chi connectivity index (χ4v) is 2.46. The lowest BCUT2D eigenvalue weighted by molar-refractivity contribution is 0.421. The number of piperidine rings is 1. The zero-order valence-electron chi connectivity index (χ0n) is 10.0. The van der Waals surface area contributed by atoms with Crippen LogP contribution in [0.25, 0.3) is 11.1 Å². The molecule has 1 aromatic carbocycles. The van der Waals surface area contributed by atoms with Gasteiger partial charge in [-0.1, -0.05) is 13.0 Å². The van der Waals surface area contributed by atoms with Gasteiger partial charge >= 0.3 is 0 Å². The Morgan fingerprint density at radius 1 is 1.47 bits per heavy atom. The van der Waals surface area contributed by atoms with Gasteiger partial charge in [0.05, 0.1) is 5.69 Å². The third-order valence-corrected chi connectivity index (χ3v) is 3.37. The van der Waals surface area contributed by atoms with Gasteiger partial charge in [-0.25, -0.2) is 0 Å². The SMILES string of the molecule is CC1CCCN(c2nc3c(N)cccc3o2)C1. The zero-order valence-corrected chi connectivity index (χ0v) is 10.0. The number of anilines is 2. The Balaban J connectivity index is 1.97. The number of benzene rings is 1. The Morgan fingerprint density at radius 3 is 3.12 bits per heavy atom. The number of oxazole rings is 1. The molecule has 4 nitrogen and oxygen atoms in total. The Kier molecular flexibility index (Phi) is 2.42. The quantitative estimate of drug-likeness (QED) is 0.766. The molecular weight excluding hydrogens is 214 g/mol. The second-order valence-corrected chi connectivity index (χ2v) is 4.88. The van der Waals surface area contributed by atoms with Gasteiger partial charge in [-0.05, 0) is 30.9 Å². The van der Waals surface area contributed by atoms with Crippen LogP contribution in [0.1, 0.15) is 19.8 Å². The lowest BCUT2D eigenvalue weighted by Gasteiger charge is -2.29. The van der Waals surface area contributed by atoms with Gasteiger partial charge in [-0.2, -0.15) is 4.98 Å². The minimum absolute atomic E-state index is 0.683. The number of nitrogens with zero attached hydrogens (tertiary/aromatic N) is 2. The van der Waals surface area contributed by atoms with Gasteiger partial charge in [0, 0.05) is 13.1 Å². The molecule has 3 rings (SSSR count). The minimum atomic E-state index is 0.683. The predicted octanol–water partition coefficient (Wildman–Crippen LogP) is 2.65. The second-order valence-electron chi connectivity index (χ2n) is 4.88. The number of fused-ring (bicyclic) bond motifs is 1. The van der Waals surface area contributed by atoms with Crippen molar-refractivity contribution in [1.29, 1.82) is 0 Å². The molecule has 0 spiro atoms. The average molecular weight is 231 g/mol. The molecular formula is C13H17N3O. The summed E-state index contributed by atoms with van der Waals surface area (Å²) in [5, 5.41) is 0. The average Bonchev–Trinajstić information content (AvgIpc) is 2.74. The summed E-state index contributed by atoms with van der Waals surface area (Å²) in [6.07, 6.45) is 2.49. The van der Waals surface area contributed by atoms with Gasteiger partial charge in [0.25, 0.3) is 6.01 Å². The highest BCUT2D eigenvalue weighted by Gasteiger charge is 2.21. The lowest BCUT2D eigenvalue weighted by atomic mass is 10.0. The van der Waals surface area contributed by atoms with E-state index in [9.17, 15) is 0 Å². The maximum Gasteiger partial charge on any atom is 0.298 e. The monoisotopic (exact) mass is 231 g/mol. The van der Waals surface area contributed by atoms with Crippen LogP contribution in [-0.2, 0) is 0 Å². The van der Waals surface area contributed by atoms with E-state index in [0.29, 0.717) is 17.6 Å². The van der Waals surface area contributed by atoms with E-state index in [1.807, 2.05) is 18.2 Å². The molecule has 0 radical (unpaired) electrons. The van der Waals surface area contributed by atoms with Crippen LogP contribution in [0.15, 0.2) is 22.6 Å². The molecule has 2 heterocycles. The van der Waals surface area contributed by atoms with Crippen LogP contribution in [0.4, 0.5) is 11.7 Å². The van der Waals surface area contributed by atoms with Crippen molar-refractivity contribution in [3.05, 3.63) is 18.2 Å². The molecule has 1 aromatic heterocycles. The molecule has 1 fully saturated rings. The third kappa shape index (κ3) is 1.84. The molecule has 0 amide bonds. The van der Waals surface area contributed by atoms with Crippen LogP contribution in [0, 0.1) is 5.92 Å². The first-order valence-electron chi connectivity index (χ1n) is 6.14. The van der Waals surface area contributed by atoms with E-state index < -0.39 is 0 Å². The van der Waals surface area contributed by atoms with E-state index in [2.05, 4.69) is 16.8 Å². The number of hydrogen-bond acceptors (Lipinski definition) is 4. The number of nitrogen functional groups attached to an aromatic ring is 1. The zero-order chi connectivity index (χ0) is 11.8. The van der Waals surface area contributed by atoms with Crippen molar-refractivity contribution in [3.63, 3.8) is 0 Å². The molecule has 0 bridgehead atoms. The summed E-state index contributed by atoms with van der Waals surface area (Å²) in [4.78, 5) is 6.72. The topological polar surface area (TPSA) is 55.3 Å². The van der Waals surface area contributed by atoms with Gasteiger partial charge < -0.3 is 15.1 Å². The molecule has 1 aliphatic rings. The smallest absolute Gasteiger partial charge is 0.298 e. The van der Waals surface area contributed by atoms with Crippen molar-refractivity contribution in [3.8, 4) is 0 Å². The van der Waals surface area contributed by atoms with E-state index >= 15 is 0 Å². The maximum absolute atomic E-state index is 5.89. The van der Waals surface area contributed by atoms with E-state index in [-0.39, 0.29) is 0 Å².